The van der Waals surface area contributed by atoms with Crippen molar-refractivity contribution in [2.75, 3.05) is 0 Å². The number of aromatic nitrogens is 2. The number of benzene rings is 1. The van der Waals surface area contributed by atoms with Crippen LogP contribution in [0.1, 0.15) is 0 Å². The Morgan fingerprint density at radius 3 is 3.15 bits per heavy atom. The van der Waals surface area contributed by atoms with Gasteiger partial charge in [0.2, 0.25) is 0 Å². The van der Waals surface area contributed by atoms with E-state index in [0.29, 0.717) is 17.7 Å². The highest BCUT2D eigenvalue weighted by Crippen LogP contribution is 2.21. The van der Waals surface area contributed by atoms with Crippen molar-refractivity contribution in [2.24, 2.45) is 0 Å². The minimum absolute atomic E-state index is 0.386. The molecule has 0 saturated carbocycles. The molecule has 0 aliphatic rings. The fourth-order valence-electron chi connectivity index (χ4n) is 1.13. The number of para-hydroxylation sites is 1. The van der Waals surface area contributed by atoms with E-state index in [-0.39, 0.29) is 0 Å². The molecule has 0 spiro atoms. The van der Waals surface area contributed by atoms with Crippen LogP contribution in [0.3, 0.4) is 0 Å². The number of hydrogen-bond donors (Lipinski definition) is 0. The summed E-state index contributed by atoms with van der Waals surface area (Å²) in [6.07, 6.45) is 3.08. The fourth-order valence-corrected chi connectivity index (χ4v) is 1.13. The van der Waals surface area contributed by atoms with Crippen molar-refractivity contribution in [3.63, 3.8) is 0 Å². The van der Waals surface area contributed by atoms with E-state index in [1.54, 1.807) is 18.3 Å². The van der Waals surface area contributed by atoms with Gasteiger partial charge in [0.1, 0.15) is 11.8 Å². The molecule has 0 atom stereocenters. The standard InChI is InChI=1S/C9H6N2O2/c12-6-13-8-3-1-2-7-4-10-5-11-9(7)8/h1-6H. The Morgan fingerprint density at radius 1 is 1.38 bits per heavy atom. The molecule has 0 saturated heterocycles. The molecule has 1 aromatic heterocycles. The number of hydrogen-bond acceptors (Lipinski definition) is 4. The Balaban J connectivity index is 2.68. The summed E-state index contributed by atoms with van der Waals surface area (Å²) in [7, 11) is 0. The quantitative estimate of drug-likeness (QED) is 0.641. The van der Waals surface area contributed by atoms with Gasteiger partial charge in [-0.05, 0) is 6.07 Å². The molecule has 1 aromatic carbocycles. The third kappa shape index (κ3) is 1.33. The largest absolute Gasteiger partial charge is 0.426 e. The number of fused-ring (bicyclic) bond motifs is 1. The normalized spacial score (nSPS) is 9.85. The molecular formula is C9H6N2O2. The van der Waals surface area contributed by atoms with E-state index in [4.69, 9.17) is 4.74 Å². The molecular weight excluding hydrogens is 168 g/mol. The van der Waals surface area contributed by atoms with E-state index in [0.717, 1.165) is 5.39 Å². The van der Waals surface area contributed by atoms with Gasteiger partial charge in [-0.1, -0.05) is 12.1 Å². The number of carbonyl (C=O) groups is 1. The van der Waals surface area contributed by atoms with Crippen molar-refractivity contribution in [2.45, 2.75) is 0 Å². The predicted octanol–water partition coefficient (Wildman–Crippen LogP) is 1.16. The highest BCUT2D eigenvalue weighted by Gasteiger charge is 2.01. The second kappa shape index (κ2) is 3.18. The number of rotatable bonds is 2. The summed E-state index contributed by atoms with van der Waals surface area (Å²) in [5, 5.41) is 0.849. The van der Waals surface area contributed by atoms with E-state index >= 15 is 0 Å². The molecule has 4 nitrogen and oxygen atoms in total. The van der Waals surface area contributed by atoms with Crippen LogP contribution in [0, 0.1) is 0 Å². The first-order valence-electron chi connectivity index (χ1n) is 3.71. The summed E-state index contributed by atoms with van der Waals surface area (Å²) in [4.78, 5) is 18.0. The Morgan fingerprint density at radius 2 is 2.31 bits per heavy atom. The van der Waals surface area contributed by atoms with Crippen LogP contribution in [0.4, 0.5) is 0 Å². The lowest BCUT2D eigenvalue weighted by Gasteiger charge is -2.00. The second-order valence-electron chi connectivity index (χ2n) is 2.43. The van der Waals surface area contributed by atoms with E-state index in [9.17, 15) is 4.79 Å². The Hall–Kier alpha value is -1.97. The lowest BCUT2D eigenvalue weighted by Crippen LogP contribution is -1.91. The molecule has 64 valence electrons. The van der Waals surface area contributed by atoms with Crippen LogP contribution in [0.25, 0.3) is 10.9 Å². The monoisotopic (exact) mass is 174 g/mol. The summed E-state index contributed by atoms with van der Waals surface area (Å²) >= 11 is 0. The van der Waals surface area contributed by atoms with Crippen molar-refractivity contribution >= 4 is 17.4 Å². The van der Waals surface area contributed by atoms with Crippen molar-refractivity contribution < 1.29 is 9.53 Å². The maximum Gasteiger partial charge on any atom is 0.298 e. The number of carbonyl (C=O) groups excluding carboxylic acids is 1. The maximum atomic E-state index is 10.2. The Labute approximate surface area is 74.2 Å². The van der Waals surface area contributed by atoms with Gasteiger partial charge in [-0.25, -0.2) is 9.97 Å². The summed E-state index contributed by atoms with van der Waals surface area (Å²) in [5.41, 5.74) is 0.643. The molecule has 0 unspecified atom stereocenters. The average Bonchev–Trinajstić information content (AvgIpc) is 2.19. The van der Waals surface area contributed by atoms with Crippen LogP contribution in [-0.4, -0.2) is 16.4 Å². The summed E-state index contributed by atoms with van der Waals surface area (Å²) in [6, 6.07) is 5.32. The van der Waals surface area contributed by atoms with Gasteiger partial charge >= 0.3 is 0 Å². The molecule has 1 heterocycles. The Bertz CT molecular complexity index is 437. The van der Waals surface area contributed by atoms with Crippen molar-refractivity contribution in [3.05, 3.63) is 30.7 Å². The SMILES string of the molecule is O=COc1cccc2cncnc12. The zero-order valence-corrected chi connectivity index (χ0v) is 6.68. The highest BCUT2D eigenvalue weighted by molar-refractivity contribution is 5.84. The molecule has 0 fully saturated rings. The first-order valence-corrected chi connectivity index (χ1v) is 3.71. The lowest BCUT2D eigenvalue weighted by molar-refractivity contribution is -0.120. The molecule has 0 amide bonds. The van der Waals surface area contributed by atoms with Gasteiger partial charge in [0, 0.05) is 11.6 Å². The van der Waals surface area contributed by atoms with Crippen molar-refractivity contribution in [1.29, 1.82) is 0 Å². The smallest absolute Gasteiger partial charge is 0.298 e. The molecule has 2 aromatic rings. The molecule has 0 aliphatic heterocycles. The van der Waals surface area contributed by atoms with Crippen LogP contribution < -0.4 is 4.74 Å². The highest BCUT2D eigenvalue weighted by atomic mass is 16.5. The van der Waals surface area contributed by atoms with Crippen LogP contribution in [0.5, 0.6) is 5.75 Å². The van der Waals surface area contributed by atoms with Crippen molar-refractivity contribution in [1.82, 2.24) is 9.97 Å². The van der Waals surface area contributed by atoms with Gasteiger partial charge in [-0.15, -0.1) is 0 Å². The summed E-state index contributed by atoms with van der Waals surface area (Å²) < 4.78 is 4.75. The molecule has 13 heavy (non-hydrogen) atoms. The molecule has 4 heteroatoms. The molecule has 0 radical (unpaired) electrons. The van der Waals surface area contributed by atoms with Gasteiger partial charge in [0.15, 0.2) is 5.75 Å². The maximum absolute atomic E-state index is 10.2. The topological polar surface area (TPSA) is 52.1 Å². The van der Waals surface area contributed by atoms with Gasteiger partial charge in [0.25, 0.3) is 6.47 Å². The lowest BCUT2D eigenvalue weighted by atomic mass is 10.2. The minimum Gasteiger partial charge on any atom is -0.426 e. The van der Waals surface area contributed by atoms with Crippen molar-refractivity contribution in [3.8, 4) is 5.75 Å². The fraction of sp³-hybridized carbons (Fsp3) is 0. The van der Waals surface area contributed by atoms with E-state index in [2.05, 4.69) is 9.97 Å². The van der Waals surface area contributed by atoms with Crippen LogP contribution >= 0.6 is 0 Å². The van der Waals surface area contributed by atoms with Gasteiger partial charge in [-0.3, -0.25) is 4.79 Å². The zero-order valence-electron chi connectivity index (χ0n) is 6.68. The predicted molar refractivity (Wildman–Crippen MR) is 46.2 cm³/mol. The van der Waals surface area contributed by atoms with Gasteiger partial charge < -0.3 is 4.74 Å². The minimum atomic E-state index is 0.386. The number of ether oxygens (including phenoxy) is 1. The average molecular weight is 174 g/mol. The molecule has 2 rings (SSSR count). The third-order valence-electron chi connectivity index (χ3n) is 1.67. The number of nitrogens with zero attached hydrogens (tertiary/aromatic N) is 2. The second-order valence-corrected chi connectivity index (χ2v) is 2.43. The van der Waals surface area contributed by atoms with E-state index in [1.165, 1.54) is 6.33 Å². The first-order chi connectivity index (χ1) is 6.42. The molecule has 0 aliphatic carbocycles. The first kappa shape index (κ1) is 7.67. The van der Waals surface area contributed by atoms with Crippen LogP contribution in [0.2, 0.25) is 0 Å². The summed E-state index contributed by atoms with van der Waals surface area (Å²) in [6.45, 7) is 0.386. The van der Waals surface area contributed by atoms with Crippen LogP contribution in [-0.2, 0) is 4.79 Å². The third-order valence-corrected chi connectivity index (χ3v) is 1.67. The van der Waals surface area contributed by atoms with E-state index < -0.39 is 0 Å². The zero-order chi connectivity index (χ0) is 9.10. The molecule has 0 N–H and O–H groups in total. The van der Waals surface area contributed by atoms with E-state index in [1.807, 2.05) is 6.07 Å². The molecule has 0 bridgehead atoms. The Kier molecular flexibility index (Phi) is 1.88. The van der Waals surface area contributed by atoms with Crippen LogP contribution in [0.15, 0.2) is 30.7 Å². The summed E-state index contributed by atoms with van der Waals surface area (Å²) in [5.74, 6) is 0.454. The van der Waals surface area contributed by atoms with Gasteiger partial charge in [0.05, 0.1) is 0 Å². The van der Waals surface area contributed by atoms with Gasteiger partial charge in [-0.2, -0.15) is 0 Å².